The highest BCUT2D eigenvalue weighted by Crippen LogP contribution is 2.48. The molecule has 0 saturated carbocycles. The maximum Gasteiger partial charge on any atom is 0.0160 e. The van der Waals surface area contributed by atoms with Gasteiger partial charge in [0.05, 0.1) is 0 Å². The molecule has 2 aliphatic carbocycles. The summed E-state index contributed by atoms with van der Waals surface area (Å²) in [4.78, 5) is 2.81. The molecule has 2 aliphatic rings. The van der Waals surface area contributed by atoms with Gasteiger partial charge in [0.1, 0.15) is 0 Å². The molecule has 1 aromatic carbocycles. The molecule has 0 unspecified atom stereocenters. The van der Waals surface area contributed by atoms with Crippen LogP contribution in [0.15, 0.2) is 69.5 Å². The molecule has 0 bridgehead atoms. The minimum Gasteiger partial charge on any atom is -0.123 e. The summed E-state index contributed by atoms with van der Waals surface area (Å²) in [5.74, 6) is 0. The average Bonchev–Trinajstić information content (AvgIpc) is 2.99. The smallest absolute Gasteiger partial charge is 0.0160 e. The number of hydrogen-bond acceptors (Lipinski definition) is 2. The van der Waals surface area contributed by atoms with Gasteiger partial charge in [0.15, 0.2) is 0 Å². The summed E-state index contributed by atoms with van der Waals surface area (Å²) in [5, 5.41) is 1.22. The Morgan fingerprint density at radius 3 is 2.05 bits per heavy atom. The van der Waals surface area contributed by atoms with Crippen molar-refractivity contribution in [3.05, 3.63) is 75.1 Å². The fraction of sp³-hybridized carbons (Fsp3) is 0.300. The van der Waals surface area contributed by atoms with Crippen molar-refractivity contribution in [2.24, 2.45) is 0 Å². The monoisotopic (exact) mass is 326 g/mol. The maximum atomic E-state index is 2.37. The number of hydrogen-bond donors (Lipinski definition) is 0. The Bertz CT molecular complexity index is 686. The quantitative estimate of drug-likeness (QED) is 0.610. The SMILES string of the molecule is CC(C)SC1=CC2=C(c3ccccc3)C=C(SC(C)C)C2=C1. The molecule has 1 aromatic rings. The Kier molecular flexibility index (Phi) is 4.70. The molecule has 0 saturated heterocycles. The largest absolute Gasteiger partial charge is 0.123 e. The van der Waals surface area contributed by atoms with Gasteiger partial charge in [-0.1, -0.05) is 58.0 Å². The van der Waals surface area contributed by atoms with Crippen molar-refractivity contribution >= 4 is 29.1 Å². The third kappa shape index (κ3) is 3.28. The van der Waals surface area contributed by atoms with Gasteiger partial charge < -0.3 is 0 Å². The Hall–Kier alpha value is -1.12. The summed E-state index contributed by atoms with van der Waals surface area (Å²) in [6.45, 7) is 9.03. The van der Waals surface area contributed by atoms with Gasteiger partial charge in [-0.05, 0) is 40.5 Å². The fourth-order valence-electron chi connectivity index (χ4n) is 2.74. The summed E-state index contributed by atoms with van der Waals surface area (Å²) in [5.41, 5.74) is 5.50. The second-order valence-electron chi connectivity index (χ2n) is 6.14. The van der Waals surface area contributed by atoms with E-state index in [0.29, 0.717) is 10.5 Å². The van der Waals surface area contributed by atoms with Crippen molar-refractivity contribution in [3.63, 3.8) is 0 Å². The van der Waals surface area contributed by atoms with E-state index in [1.807, 2.05) is 23.5 Å². The van der Waals surface area contributed by atoms with Crippen LogP contribution in [0.5, 0.6) is 0 Å². The molecule has 0 nitrogen and oxygen atoms in total. The molecule has 0 N–H and O–H groups in total. The van der Waals surface area contributed by atoms with Crippen LogP contribution in [-0.2, 0) is 0 Å². The topological polar surface area (TPSA) is 0 Å². The van der Waals surface area contributed by atoms with Gasteiger partial charge in [0, 0.05) is 20.3 Å². The minimum atomic E-state index is 0.602. The van der Waals surface area contributed by atoms with Gasteiger partial charge in [-0.2, -0.15) is 0 Å². The molecule has 0 aromatic heterocycles. The van der Waals surface area contributed by atoms with E-state index in [0.717, 1.165) is 0 Å². The van der Waals surface area contributed by atoms with E-state index in [-0.39, 0.29) is 0 Å². The summed E-state index contributed by atoms with van der Waals surface area (Å²) >= 11 is 3.92. The highest BCUT2D eigenvalue weighted by Gasteiger charge is 2.26. The van der Waals surface area contributed by atoms with Gasteiger partial charge in [-0.3, -0.25) is 0 Å². The first-order valence-corrected chi connectivity index (χ1v) is 9.59. The Balaban J connectivity index is 2.01. The molecular formula is C20H22S2. The van der Waals surface area contributed by atoms with Crippen molar-refractivity contribution < 1.29 is 0 Å². The molecule has 0 heterocycles. The van der Waals surface area contributed by atoms with Crippen LogP contribution in [0.3, 0.4) is 0 Å². The third-order valence-electron chi connectivity index (χ3n) is 3.51. The molecule has 0 spiro atoms. The van der Waals surface area contributed by atoms with Crippen LogP contribution in [0.1, 0.15) is 33.3 Å². The predicted molar refractivity (Wildman–Crippen MR) is 103 cm³/mol. The van der Waals surface area contributed by atoms with Gasteiger partial charge in [0.2, 0.25) is 0 Å². The van der Waals surface area contributed by atoms with E-state index >= 15 is 0 Å². The second-order valence-corrected chi connectivity index (χ2v) is 9.41. The van der Waals surface area contributed by atoms with E-state index < -0.39 is 0 Å². The number of thioether (sulfide) groups is 2. The highest BCUT2D eigenvalue weighted by atomic mass is 32.2. The Labute approximate surface area is 142 Å². The van der Waals surface area contributed by atoms with Gasteiger partial charge >= 0.3 is 0 Å². The first kappa shape index (κ1) is 15.8. The van der Waals surface area contributed by atoms with E-state index in [1.54, 1.807) is 0 Å². The molecule has 0 radical (unpaired) electrons. The number of fused-ring (bicyclic) bond motifs is 1. The van der Waals surface area contributed by atoms with Crippen LogP contribution in [0.2, 0.25) is 0 Å². The zero-order chi connectivity index (χ0) is 15.7. The molecule has 22 heavy (non-hydrogen) atoms. The van der Waals surface area contributed by atoms with Crippen molar-refractivity contribution in [2.75, 3.05) is 0 Å². The van der Waals surface area contributed by atoms with Crippen LogP contribution >= 0.6 is 23.5 Å². The van der Waals surface area contributed by atoms with Crippen molar-refractivity contribution in [1.29, 1.82) is 0 Å². The van der Waals surface area contributed by atoms with E-state index in [4.69, 9.17) is 0 Å². The number of rotatable bonds is 5. The molecule has 0 atom stereocenters. The second kappa shape index (κ2) is 6.55. The third-order valence-corrected chi connectivity index (χ3v) is 5.56. The first-order valence-electron chi connectivity index (χ1n) is 7.83. The zero-order valence-electron chi connectivity index (χ0n) is 13.6. The lowest BCUT2D eigenvalue weighted by Gasteiger charge is -2.07. The number of benzene rings is 1. The lowest BCUT2D eigenvalue weighted by atomic mass is 10.0. The molecule has 114 valence electrons. The Morgan fingerprint density at radius 1 is 0.727 bits per heavy atom. The molecule has 0 amide bonds. The van der Waals surface area contributed by atoms with Crippen LogP contribution in [0, 0.1) is 0 Å². The summed E-state index contributed by atoms with van der Waals surface area (Å²) in [6.07, 6.45) is 7.11. The number of allylic oxidation sites excluding steroid dienone is 6. The lowest BCUT2D eigenvalue weighted by molar-refractivity contribution is 1.12. The molecular weight excluding hydrogens is 304 g/mol. The predicted octanol–water partition coefficient (Wildman–Crippen LogP) is 6.44. The summed E-state index contributed by atoms with van der Waals surface area (Å²) in [6, 6.07) is 10.7. The van der Waals surface area contributed by atoms with E-state index in [9.17, 15) is 0 Å². The van der Waals surface area contributed by atoms with E-state index in [1.165, 1.54) is 32.1 Å². The normalized spacial score (nSPS) is 17.1. The molecule has 0 aliphatic heterocycles. The van der Waals surface area contributed by atoms with Crippen LogP contribution in [0.25, 0.3) is 5.57 Å². The minimum absolute atomic E-state index is 0.602. The first-order chi connectivity index (χ1) is 10.5. The summed E-state index contributed by atoms with van der Waals surface area (Å²) < 4.78 is 0. The van der Waals surface area contributed by atoms with Gasteiger partial charge in [-0.25, -0.2) is 0 Å². The Morgan fingerprint density at radius 2 is 1.41 bits per heavy atom. The molecule has 3 rings (SSSR count). The maximum absolute atomic E-state index is 2.37. The van der Waals surface area contributed by atoms with Crippen molar-refractivity contribution in [3.8, 4) is 0 Å². The van der Waals surface area contributed by atoms with Gasteiger partial charge in [0.25, 0.3) is 0 Å². The standard InChI is InChI=1S/C20H22S2/c1-13(2)21-16-10-18-17(15-8-6-5-7-9-15)12-20(19(18)11-16)22-14(3)4/h5-14H,1-4H3. The molecule has 0 fully saturated rings. The van der Waals surface area contributed by atoms with Crippen molar-refractivity contribution in [2.45, 2.75) is 38.2 Å². The highest BCUT2D eigenvalue weighted by molar-refractivity contribution is 8.04. The van der Waals surface area contributed by atoms with Crippen molar-refractivity contribution in [1.82, 2.24) is 0 Å². The average molecular weight is 327 g/mol. The van der Waals surface area contributed by atoms with Crippen LogP contribution in [-0.4, -0.2) is 10.5 Å². The summed E-state index contributed by atoms with van der Waals surface area (Å²) in [7, 11) is 0. The van der Waals surface area contributed by atoms with E-state index in [2.05, 4.69) is 76.3 Å². The molecule has 2 heteroatoms. The van der Waals surface area contributed by atoms with Gasteiger partial charge in [-0.15, -0.1) is 23.5 Å². The fourth-order valence-corrected chi connectivity index (χ4v) is 4.65. The van der Waals surface area contributed by atoms with Crippen LogP contribution in [0.4, 0.5) is 0 Å². The lowest BCUT2D eigenvalue weighted by Crippen LogP contribution is -1.89. The zero-order valence-corrected chi connectivity index (χ0v) is 15.2. The van der Waals surface area contributed by atoms with Crippen LogP contribution < -0.4 is 0 Å².